The van der Waals surface area contributed by atoms with Crippen LogP contribution in [0.5, 0.6) is 0 Å². The summed E-state index contributed by atoms with van der Waals surface area (Å²) >= 11 is 0. The molecule has 0 saturated carbocycles. The first kappa shape index (κ1) is 35.1. The normalized spacial score (nSPS) is 11.3. The summed E-state index contributed by atoms with van der Waals surface area (Å²) in [6, 6.07) is 81.8. The average molecular weight is 767 g/mol. The molecule has 2 aromatic heterocycles. The Kier molecular flexibility index (Phi) is 8.79. The number of benzene rings is 9. The summed E-state index contributed by atoms with van der Waals surface area (Å²) in [6.45, 7) is 0. The second-order valence-corrected chi connectivity index (χ2v) is 15.1. The van der Waals surface area contributed by atoms with Gasteiger partial charge in [0.25, 0.3) is 0 Å². The second-order valence-electron chi connectivity index (χ2n) is 15.1. The largest absolute Gasteiger partial charge is 0.311 e. The summed E-state index contributed by atoms with van der Waals surface area (Å²) in [5.41, 5.74) is 18.4. The molecule has 4 nitrogen and oxygen atoms in total. The van der Waals surface area contributed by atoms with E-state index in [0.29, 0.717) is 0 Å². The highest BCUT2D eigenvalue weighted by molar-refractivity contribution is 6.07. The highest BCUT2D eigenvalue weighted by atomic mass is 15.1. The molecule has 2 heterocycles. The van der Waals surface area contributed by atoms with Crippen LogP contribution in [0.3, 0.4) is 0 Å². The Balaban J connectivity index is 0.948. The van der Waals surface area contributed by atoms with Crippen LogP contribution in [0.15, 0.2) is 231 Å². The minimum Gasteiger partial charge on any atom is -0.311 e. The minimum absolute atomic E-state index is 0.853. The fraction of sp³-hybridized carbons (Fsp3) is 0. The SMILES string of the molecule is c1ccc(-c2ccc(-c3ccc(N(c4ccc(-c5ccccc5)cc4)c4ccc(-c5cccc(-n6c7ccccc7c7nc8ccccc8nc76)c5)cc4)cc3)cc2)cc1. The zero-order chi connectivity index (χ0) is 39.8. The van der Waals surface area contributed by atoms with Gasteiger partial charge < -0.3 is 4.90 Å². The Labute approximate surface area is 348 Å². The van der Waals surface area contributed by atoms with Crippen LogP contribution in [0.25, 0.3) is 83.3 Å². The van der Waals surface area contributed by atoms with E-state index in [2.05, 4.69) is 216 Å². The maximum atomic E-state index is 5.14. The van der Waals surface area contributed by atoms with E-state index in [1.54, 1.807) is 0 Å². The molecule has 0 atom stereocenters. The molecule has 282 valence electrons. The maximum absolute atomic E-state index is 5.14. The number of fused-ring (bicyclic) bond motifs is 4. The standard InChI is InChI=1S/C56H38N4/c1-3-12-39(13-4-1)41-22-24-42(25-23-41)44-28-34-48(35-29-44)59(47-32-26-43(27-33-47)40-14-5-2-6-15-40)49-36-30-45(31-37-49)46-16-11-17-50(38-46)60-54-21-10-7-18-51(54)55-56(60)58-53-20-9-8-19-52(53)57-55/h1-38H. The van der Waals surface area contributed by atoms with Gasteiger partial charge in [-0.2, -0.15) is 0 Å². The highest BCUT2D eigenvalue weighted by Gasteiger charge is 2.17. The van der Waals surface area contributed by atoms with E-state index in [-0.39, 0.29) is 0 Å². The predicted molar refractivity (Wildman–Crippen MR) is 250 cm³/mol. The highest BCUT2D eigenvalue weighted by Crippen LogP contribution is 2.39. The molecule has 0 aliphatic rings. The molecule has 9 aromatic carbocycles. The maximum Gasteiger partial charge on any atom is 0.165 e. The summed E-state index contributed by atoms with van der Waals surface area (Å²) in [5.74, 6) is 0. The predicted octanol–water partition coefficient (Wildman–Crippen LogP) is 14.9. The van der Waals surface area contributed by atoms with Gasteiger partial charge in [0.2, 0.25) is 0 Å². The molecule has 0 aliphatic heterocycles. The van der Waals surface area contributed by atoms with E-state index >= 15 is 0 Å². The molecule has 0 saturated heterocycles. The Bertz CT molecular complexity index is 3260. The number of aromatic nitrogens is 3. The molecule has 60 heavy (non-hydrogen) atoms. The lowest BCUT2D eigenvalue weighted by molar-refractivity contribution is 1.14. The zero-order valence-corrected chi connectivity index (χ0v) is 32.7. The molecule has 0 spiro atoms. The van der Waals surface area contributed by atoms with Gasteiger partial charge in [-0.25, -0.2) is 9.97 Å². The van der Waals surface area contributed by atoms with Crippen LogP contribution in [0.4, 0.5) is 17.1 Å². The van der Waals surface area contributed by atoms with Crippen molar-refractivity contribution in [3.05, 3.63) is 231 Å². The first-order chi connectivity index (χ1) is 29.7. The minimum atomic E-state index is 0.853. The van der Waals surface area contributed by atoms with Crippen LogP contribution in [-0.4, -0.2) is 14.5 Å². The number of rotatable bonds is 8. The van der Waals surface area contributed by atoms with Crippen molar-refractivity contribution in [1.29, 1.82) is 0 Å². The van der Waals surface area contributed by atoms with Crippen molar-refractivity contribution in [2.24, 2.45) is 0 Å². The van der Waals surface area contributed by atoms with Crippen LogP contribution < -0.4 is 4.90 Å². The number of hydrogen-bond acceptors (Lipinski definition) is 3. The quantitative estimate of drug-likeness (QED) is 0.154. The molecule has 0 bridgehead atoms. The topological polar surface area (TPSA) is 34.0 Å². The van der Waals surface area contributed by atoms with Crippen LogP contribution in [-0.2, 0) is 0 Å². The first-order valence-electron chi connectivity index (χ1n) is 20.3. The number of para-hydroxylation sites is 3. The van der Waals surface area contributed by atoms with E-state index in [4.69, 9.17) is 9.97 Å². The van der Waals surface area contributed by atoms with Gasteiger partial charge in [0.05, 0.1) is 16.6 Å². The molecule has 11 aromatic rings. The first-order valence-corrected chi connectivity index (χ1v) is 20.3. The van der Waals surface area contributed by atoms with E-state index in [9.17, 15) is 0 Å². The van der Waals surface area contributed by atoms with Crippen molar-refractivity contribution in [3.8, 4) is 50.2 Å². The molecule has 11 rings (SSSR count). The molecule has 0 fully saturated rings. The van der Waals surface area contributed by atoms with Gasteiger partial charge in [-0.15, -0.1) is 0 Å². The lowest BCUT2D eigenvalue weighted by Gasteiger charge is -2.26. The van der Waals surface area contributed by atoms with Crippen molar-refractivity contribution in [3.63, 3.8) is 0 Å². The fourth-order valence-electron chi connectivity index (χ4n) is 8.37. The molecule has 0 radical (unpaired) electrons. The molecular formula is C56H38N4. The van der Waals surface area contributed by atoms with E-state index < -0.39 is 0 Å². The van der Waals surface area contributed by atoms with Crippen LogP contribution in [0, 0.1) is 0 Å². The molecule has 0 unspecified atom stereocenters. The van der Waals surface area contributed by atoms with Crippen LogP contribution in [0.2, 0.25) is 0 Å². The third-order valence-electron chi connectivity index (χ3n) is 11.4. The van der Waals surface area contributed by atoms with Crippen molar-refractivity contribution < 1.29 is 0 Å². The Morgan fingerprint density at radius 2 is 0.717 bits per heavy atom. The monoisotopic (exact) mass is 766 g/mol. The van der Waals surface area contributed by atoms with Gasteiger partial charge in [0.1, 0.15) is 5.52 Å². The van der Waals surface area contributed by atoms with Gasteiger partial charge in [-0.05, 0) is 111 Å². The fourth-order valence-corrected chi connectivity index (χ4v) is 8.37. The number of anilines is 3. The molecule has 0 amide bonds. The van der Waals surface area contributed by atoms with Crippen molar-refractivity contribution in [2.75, 3.05) is 4.90 Å². The zero-order valence-electron chi connectivity index (χ0n) is 32.7. The Hall–Kier alpha value is -8.08. The summed E-state index contributed by atoms with van der Waals surface area (Å²) in [5, 5.41) is 1.09. The summed E-state index contributed by atoms with van der Waals surface area (Å²) < 4.78 is 2.24. The lowest BCUT2D eigenvalue weighted by atomic mass is 10.00. The van der Waals surface area contributed by atoms with Gasteiger partial charge in [-0.3, -0.25) is 4.57 Å². The average Bonchev–Trinajstić information content (AvgIpc) is 3.65. The molecular weight excluding hydrogens is 729 g/mol. The van der Waals surface area contributed by atoms with E-state index in [0.717, 1.165) is 67.0 Å². The molecule has 0 aliphatic carbocycles. The summed E-state index contributed by atoms with van der Waals surface area (Å²) in [6.07, 6.45) is 0. The second kappa shape index (κ2) is 15.0. The van der Waals surface area contributed by atoms with Gasteiger partial charge in [0.15, 0.2) is 5.65 Å². The van der Waals surface area contributed by atoms with Crippen molar-refractivity contribution in [2.45, 2.75) is 0 Å². The van der Waals surface area contributed by atoms with Gasteiger partial charge >= 0.3 is 0 Å². The van der Waals surface area contributed by atoms with Crippen molar-refractivity contribution in [1.82, 2.24) is 14.5 Å². The Morgan fingerprint density at radius 3 is 1.25 bits per heavy atom. The smallest absolute Gasteiger partial charge is 0.165 e. The summed E-state index contributed by atoms with van der Waals surface area (Å²) in [7, 11) is 0. The third-order valence-corrected chi connectivity index (χ3v) is 11.4. The lowest BCUT2D eigenvalue weighted by Crippen LogP contribution is -2.09. The Morgan fingerprint density at radius 1 is 0.317 bits per heavy atom. The van der Waals surface area contributed by atoms with Crippen molar-refractivity contribution >= 4 is 50.2 Å². The van der Waals surface area contributed by atoms with Crippen LogP contribution in [0.1, 0.15) is 0 Å². The molecule has 4 heteroatoms. The summed E-state index contributed by atoms with van der Waals surface area (Å²) in [4.78, 5) is 12.5. The van der Waals surface area contributed by atoms with Crippen LogP contribution >= 0.6 is 0 Å². The number of hydrogen-bond donors (Lipinski definition) is 0. The molecule has 0 N–H and O–H groups in total. The van der Waals surface area contributed by atoms with Gasteiger partial charge in [-0.1, -0.05) is 164 Å². The number of nitrogens with zero attached hydrogens (tertiary/aromatic N) is 4. The van der Waals surface area contributed by atoms with E-state index in [1.165, 1.54) is 33.4 Å². The third kappa shape index (κ3) is 6.47. The van der Waals surface area contributed by atoms with E-state index in [1.807, 2.05) is 24.3 Å². The van der Waals surface area contributed by atoms with Gasteiger partial charge in [0, 0.05) is 28.1 Å².